The van der Waals surface area contributed by atoms with Crippen LogP contribution in [0.4, 0.5) is 0 Å². The summed E-state index contributed by atoms with van der Waals surface area (Å²) in [6.07, 6.45) is 4.62. The highest BCUT2D eigenvalue weighted by Gasteiger charge is 2.10. The van der Waals surface area contributed by atoms with Crippen LogP contribution in [0.5, 0.6) is 0 Å². The first-order chi connectivity index (χ1) is 7.29. The van der Waals surface area contributed by atoms with E-state index in [0.717, 1.165) is 24.2 Å². The second kappa shape index (κ2) is 4.50. The monoisotopic (exact) mass is 223 g/mol. The molecule has 0 fully saturated rings. The van der Waals surface area contributed by atoms with Gasteiger partial charge in [-0.1, -0.05) is 4.49 Å². The zero-order chi connectivity index (χ0) is 10.7. The summed E-state index contributed by atoms with van der Waals surface area (Å²) in [5.74, 6) is 0. The van der Waals surface area contributed by atoms with Crippen molar-refractivity contribution in [3.05, 3.63) is 29.0 Å². The smallest absolute Gasteiger partial charge is 0.0925 e. The maximum absolute atomic E-state index is 5.99. The molecule has 0 aliphatic rings. The largest absolute Gasteiger partial charge is 0.322 e. The first-order valence-corrected chi connectivity index (χ1v) is 5.67. The molecule has 80 valence electrons. The van der Waals surface area contributed by atoms with Gasteiger partial charge in [0.05, 0.1) is 17.9 Å². The van der Waals surface area contributed by atoms with Gasteiger partial charge in [-0.2, -0.15) is 5.10 Å². The molecule has 0 radical (unpaired) electrons. The lowest BCUT2D eigenvalue weighted by atomic mass is 10.1. The maximum Gasteiger partial charge on any atom is 0.0925 e. The lowest BCUT2D eigenvalue weighted by Gasteiger charge is -2.05. The summed E-state index contributed by atoms with van der Waals surface area (Å²) < 4.78 is 5.69. The van der Waals surface area contributed by atoms with Crippen molar-refractivity contribution in [3.8, 4) is 0 Å². The number of rotatable bonds is 4. The second-order valence-corrected chi connectivity index (χ2v) is 3.95. The third kappa shape index (κ3) is 2.40. The highest BCUT2D eigenvalue weighted by Crippen LogP contribution is 2.14. The quantitative estimate of drug-likeness (QED) is 0.839. The third-order valence-corrected chi connectivity index (χ3v) is 2.75. The predicted molar refractivity (Wildman–Crippen MR) is 58.4 cm³/mol. The molecule has 1 atom stereocenters. The van der Waals surface area contributed by atoms with E-state index in [4.69, 9.17) is 5.73 Å². The SMILES string of the molecule is CCn1cc(CC(N)c2csnn2)cn1. The highest BCUT2D eigenvalue weighted by atomic mass is 32.1. The van der Waals surface area contributed by atoms with Crippen molar-refractivity contribution in [1.82, 2.24) is 19.4 Å². The fraction of sp³-hybridized carbons (Fsp3) is 0.444. The minimum atomic E-state index is -0.0849. The van der Waals surface area contributed by atoms with Crippen LogP contribution in [0.3, 0.4) is 0 Å². The van der Waals surface area contributed by atoms with Crippen LogP contribution >= 0.6 is 11.5 Å². The molecule has 2 heterocycles. The molecule has 0 bridgehead atoms. The van der Waals surface area contributed by atoms with Crippen molar-refractivity contribution >= 4 is 11.5 Å². The summed E-state index contributed by atoms with van der Waals surface area (Å²) in [5.41, 5.74) is 7.98. The van der Waals surface area contributed by atoms with Crippen molar-refractivity contribution in [3.63, 3.8) is 0 Å². The summed E-state index contributed by atoms with van der Waals surface area (Å²) in [5, 5.41) is 10.0. The van der Waals surface area contributed by atoms with E-state index in [0.29, 0.717) is 0 Å². The first-order valence-electron chi connectivity index (χ1n) is 4.83. The number of nitrogens with zero attached hydrogens (tertiary/aromatic N) is 4. The Morgan fingerprint density at radius 3 is 3.07 bits per heavy atom. The lowest BCUT2D eigenvalue weighted by Crippen LogP contribution is -2.13. The Labute approximate surface area is 92.1 Å². The molecule has 2 aromatic heterocycles. The molecule has 2 rings (SSSR count). The van der Waals surface area contributed by atoms with Crippen molar-refractivity contribution in [2.45, 2.75) is 25.9 Å². The van der Waals surface area contributed by atoms with Gasteiger partial charge < -0.3 is 5.73 Å². The molecule has 0 amide bonds. The first kappa shape index (κ1) is 10.3. The average molecular weight is 223 g/mol. The fourth-order valence-corrected chi connectivity index (χ4v) is 1.90. The zero-order valence-electron chi connectivity index (χ0n) is 8.50. The molecule has 2 N–H and O–H groups in total. The van der Waals surface area contributed by atoms with Crippen LogP contribution in [0, 0.1) is 0 Å². The van der Waals surface area contributed by atoms with Gasteiger partial charge in [0.15, 0.2) is 0 Å². The van der Waals surface area contributed by atoms with Crippen molar-refractivity contribution in [1.29, 1.82) is 0 Å². The Kier molecular flexibility index (Phi) is 3.08. The van der Waals surface area contributed by atoms with Gasteiger partial charge in [-0.25, -0.2) is 0 Å². The van der Waals surface area contributed by atoms with E-state index >= 15 is 0 Å². The molecule has 0 saturated heterocycles. The highest BCUT2D eigenvalue weighted by molar-refractivity contribution is 7.03. The number of nitrogens with two attached hydrogens (primary N) is 1. The van der Waals surface area contributed by atoms with Gasteiger partial charge in [0.25, 0.3) is 0 Å². The molecule has 0 aliphatic heterocycles. The van der Waals surface area contributed by atoms with E-state index in [1.807, 2.05) is 22.5 Å². The predicted octanol–water partition coefficient (Wildman–Crippen LogP) is 0.997. The topological polar surface area (TPSA) is 69.6 Å². The molecule has 2 aromatic rings. The molecular weight excluding hydrogens is 210 g/mol. The van der Waals surface area contributed by atoms with E-state index in [1.165, 1.54) is 11.5 Å². The summed E-state index contributed by atoms with van der Waals surface area (Å²) in [4.78, 5) is 0. The van der Waals surface area contributed by atoms with Gasteiger partial charge in [0.1, 0.15) is 0 Å². The molecule has 0 aromatic carbocycles. The van der Waals surface area contributed by atoms with Gasteiger partial charge in [0.2, 0.25) is 0 Å². The third-order valence-electron chi connectivity index (χ3n) is 2.22. The van der Waals surface area contributed by atoms with Crippen molar-refractivity contribution < 1.29 is 0 Å². The van der Waals surface area contributed by atoms with Gasteiger partial charge in [-0.05, 0) is 30.4 Å². The molecular formula is C9H13N5S. The number of hydrogen-bond acceptors (Lipinski definition) is 5. The van der Waals surface area contributed by atoms with Crippen LogP contribution in [-0.4, -0.2) is 19.4 Å². The van der Waals surface area contributed by atoms with E-state index < -0.39 is 0 Å². The summed E-state index contributed by atoms with van der Waals surface area (Å²) in [6, 6.07) is -0.0849. The Morgan fingerprint density at radius 2 is 2.47 bits per heavy atom. The molecule has 0 aliphatic carbocycles. The summed E-state index contributed by atoms with van der Waals surface area (Å²) >= 11 is 1.33. The Balaban J connectivity index is 2.02. The number of aryl methyl sites for hydroxylation is 1. The lowest BCUT2D eigenvalue weighted by molar-refractivity contribution is 0.656. The van der Waals surface area contributed by atoms with Gasteiger partial charge in [-0.3, -0.25) is 4.68 Å². The van der Waals surface area contributed by atoms with Crippen LogP contribution in [0.1, 0.15) is 24.2 Å². The van der Waals surface area contributed by atoms with Crippen molar-refractivity contribution in [2.24, 2.45) is 5.73 Å². The van der Waals surface area contributed by atoms with E-state index in [9.17, 15) is 0 Å². The van der Waals surface area contributed by atoms with E-state index in [2.05, 4.69) is 21.6 Å². The minimum Gasteiger partial charge on any atom is -0.322 e. The maximum atomic E-state index is 5.99. The molecule has 15 heavy (non-hydrogen) atoms. The molecule has 5 nitrogen and oxygen atoms in total. The van der Waals surface area contributed by atoms with Crippen LogP contribution in [0.2, 0.25) is 0 Å². The molecule has 0 saturated carbocycles. The Morgan fingerprint density at radius 1 is 1.60 bits per heavy atom. The Bertz CT molecular complexity index is 408. The van der Waals surface area contributed by atoms with Gasteiger partial charge in [-0.15, -0.1) is 5.10 Å². The standard InChI is InChI=1S/C9H13N5S/c1-2-14-5-7(4-11-14)3-8(10)9-6-15-13-12-9/h4-6,8H,2-3,10H2,1H3. The van der Waals surface area contributed by atoms with Crippen LogP contribution in [0.15, 0.2) is 17.8 Å². The van der Waals surface area contributed by atoms with E-state index in [1.54, 1.807) is 0 Å². The summed E-state index contributed by atoms with van der Waals surface area (Å²) in [6.45, 7) is 2.94. The molecule has 0 spiro atoms. The average Bonchev–Trinajstić information content (AvgIpc) is 2.87. The van der Waals surface area contributed by atoms with Gasteiger partial charge in [0, 0.05) is 18.1 Å². The summed E-state index contributed by atoms with van der Waals surface area (Å²) in [7, 11) is 0. The zero-order valence-corrected chi connectivity index (χ0v) is 9.31. The number of hydrogen-bond donors (Lipinski definition) is 1. The normalized spacial score (nSPS) is 12.9. The molecule has 6 heteroatoms. The van der Waals surface area contributed by atoms with Crippen LogP contribution in [0.25, 0.3) is 0 Å². The van der Waals surface area contributed by atoms with Gasteiger partial charge >= 0.3 is 0 Å². The minimum absolute atomic E-state index is 0.0849. The fourth-order valence-electron chi connectivity index (χ4n) is 1.38. The Hall–Kier alpha value is -1.27. The number of aromatic nitrogens is 4. The van der Waals surface area contributed by atoms with Crippen LogP contribution in [-0.2, 0) is 13.0 Å². The second-order valence-electron chi connectivity index (χ2n) is 3.34. The van der Waals surface area contributed by atoms with Crippen molar-refractivity contribution in [2.75, 3.05) is 0 Å². The van der Waals surface area contributed by atoms with E-state index in [-0.39, 0.29) is 6.04 Å². The molecule has 1 unspecified atom stereocenters. The van der Waals surface area contributed by atoms with Crippen LogP contribution < -0.4 is 5.73 Å².